The maximum Gasteiger partial charge on any atom is 0.131 e. The van der Waals surface area contributed by atoms with Crippen LogP contribution in [0, 0.1) is 3.57 Å². The molecular formula is C15H15IN4. The molecule has 2 heterocycles. The lowest BCUT2D eigenvalue weighted by molar-refractivity contribution is 0.686. The number of rotatable bonds is 4. The second-order valence-electron chi connectivity index (χ2n) is 4.58. The van der Waals surface area contributed by atoms with Gasteiger partial charge in [-0.25, -0.2) is 4.98 Å². The molecule has 0 aliphatic heterocycles. The highest BCUT2D eigenvalue weighted by molar-refractivity contribution is 14.1. The molecule has 2 aromatic heterocycles. The van der Waals surface area contributed by atoms with E-state index in [0.717, 1.165) is 38.9 Å². The molecule has 3 rings (SSSR count). The standard InChI is InChI=1S/C15H15IN4/c1-2-17-15-12(9-20-10-13(16)8-18-20)7-11-5-3-4-6-14(11)19-15/h3-8,10H,2,9H2,1H3,(H,17,19). The molecule has 0 fully saturated rings. The van der Waals surface area contributed by atoms with Crippen molar-refractivity contribution in [3.63, 3.8) is 0 Å². The first-order valence-electron chi connectivity index (χ1n) is 6.57. The number of hydrogen-bond donors (Lipinski definition) is 1. The molecule has 0 saturated carbocycles. The number of nitrogens with zero attached hydrogens (tertiary/aromatic N) is 3. The minimum atomic E-state index is 0.725. The average Bonchev–Trinajstić information content (AvgIpc) is 2.85. The summed E-state index contributed by atoms with van der Waals surface area (Å²) in [5.41, 5.74) is 2.17. The summed E-state index contributed by atoms with van der Waals surface area (Å²) in [6.07, 6.45) is 3.90. The van der Waals surface area contributed by atoms with Gasteiger partial charge >= 0.3 is 0 Å². The van der Waals surface area contributed by atoms with Gasteiger partial charge in [0.15, 0.2) is 0 Å². The molecule has 5 heteroatoms. The third-order valence-electron chi connectivity index (χ3n) is 3.08. The summed E-state index contributed by atoms with van der Waals surface area (Å²) in [6, 6.07) is 10.4. The van der Waals surface area contributed by atoms with Crippen molar-refractivity contribution in [2.75, 3.05) is 11.9 Å². The number of halogens is 1. The molecule has 0 amide bonds. The number of aromatic nitrogens is 3. The summed E-state index contributed by atoms with van der Waals surface area (Å²) in [6.45, 7) is 3.66. The van der Waals surface area contributed by atoms with Gasteiger partial charge in [0.1, 0.15) is 5.82 Å². The van der Waals surface area contributed by atoms with Gasteiger partial charge in [-0.05, 0) is 41.6 Å². The molecular weight excluding hydrogens is 363 g/mol. The molecule has 20 heavy (non-hydrogen) atoms. The largest absolute Gasteiger partial charge is 0.370 e. The molecule has 4 nitrogen and oxygen atoms in total. The lowest BCUT2D eigenvalue weighted by atomic mass is 10.1. The third kappa shape index (κ3) is 2.77. The van der Waals surface area contributed by atoms with Crippen LogP contribution in [0.25, 0.3) is 10.9 Å². The van der Waals surface area contributed by atoms with Crippen LogP contribution in [0.5, 0.6) is 0 Å². The van der Waals surface area contributed by atoms with Crippen LogP contribution in [0.2, 0.25) is 0 Å². The van der Waals surface area contributed by atoms with Gasteiger partial charge in [0, 0.05) is 23.7 Å². The van der Waals surface area contributed by atoms with E-state index in [1.165, 1.54) is 0 Å². The van der Waals surface area contributed by atoms with Crippen molar-refractivity contribution in [3.8, 4) is 0 Å². The predicted octanol–water partition coefficient (Wildman–Crippen LogP) is 3.52. The van der Waals surface area contributed by atoms with Crippen molar-refractivity contribution in [2.45, 2.75) is 13.5 Å². The Morgan fingerprint density at radius 3 is 2.90 bits per heavy atom. The first-order valence-corrected chi connectivity index (χ1v) is 7.64. The second kappa shape index (κ2) is 5.78. The summed E-state index contributed by atoms with van der Waals surface area (Å²) in [5, 5.41) is 8.85. The maximum absolute atomic E-state index is 4.71. The molecule has 0 bridgehead atoms. The lowest BCUT2D eigenvalue weighted by Crippen LogP contribution is -2.08. The highest BCUT2D eigenvalue weighted by Crippen LogP contribution is 2.21. The van der Waals surface area contributed by atoms with Gasteiger partial charge in [-0.3, -0.25) is 4.68 Å². The number of pyridine rings is 1. The van der Waals surface area contributed by atoms with E-state index in [9.17, 15) is 0 Å². The molecule has 0 unspecified atom stereocenters. The van der Waals surface area contributed by atoms with Crippen molar-refractivity contribution in [1.82, 2.24) is 14.8 Å². The van der Waals surface area contributed by atoms with Crippen LogP contribution in [-0.2, 0) is 6.54 Å². The molecule has 1 N–H and O–H groups in total. The topological polar surface area (TPSA) is 42.7 Å². The maximum atomic E-state index is 4.71. The predicted molar refractivity (Wildman–Crippen MR) is 90.0 cm³/mol. The zero-order valence-corrected chi connectivity index (χ0v) is 13.3. The van der Waals surface area contributed by atoms with Crippen LogP contribution in [0.3, 0.4) is 0 Å². The number of anilines is 1. The van der Waals surface area contributed by atoms with Crippen LogP contribution in [0.1, 0.15) is 12.5 Å². The van der Waals surface area contributed by atoms with Crippen molar-refractivity contribution in [2.24, 2.45) is 0 Å². The average molecular weight is 378 g/mol. The van der Waals surface area contributed by atoms with Crippen LogP contribution in [0.4, 0.5) is 5.82 Å². The molecule has 3 aromatic rings. The minimum absolute atomic E-state index is 0.725. The highest BCUT2D eigenvalue weighted by Gasteiger charge is 2.07. The van der Waals surface area contributed by atoms with E-state index in [0.29, 0.717) is 0 Å². The zero-order valence-electron chi connectivity index (χ0n) is 11.2. The van der Waals surface area contributed by atoms with Crippen molar-refractivity contribution >= 4 is 39.3 Å². The Bertz CT molecular complexity index is 736. The number of nitrogens with one attached hydrogen (secondary N) is 1. The van der Waals surface area contributed by atoms with E-state index < -0.39 is 0 Å². The second-order valence-corrected chi connectivity index (χ2v) is 5.82. The Balaban J connectivity index is 2.04. The molecule has 0 aliphatic rings. The van der Waals surface area contributed by atoms with Crippen LogP contribution >= 0.6 is 22.6 Å². The summed E-state index contributed by atoms with van der Waals surface area (Å²) in [7, 11) is 0. The van der Waals surface area contributed by atoms with Crippen molar-refractivity contribution < 1.29 is 0 Å². The first kappa shape index (κ1) is 13.4. The monoisotopic (exact) mass is 378 g/mol. The lowest BCUT2D eigenvalue weighted by Gasteiger charge is -2.11. The van der Waals surface area contributed by atoms with Gasteiger partial charge in [-0.1, -0.05) is 18.2 Å². The fraction of sp³-hybridized carbons (Fsp3) is 0.200. The van der Waals surface area contributed by atoms with E-state index in [2.05, 4.69) is 52.1 Å². The summed E-state index contributed by atoms with van der Waals surface area (Å²) < 4.78 is 3.08. The van der Waals surface area contributed by atoms with Crippen LogP contribution < -0.4 is 5.32 Å². The van der Waals surface area contributed by atoms with Gasteiger partial charge < -0.3 is 5.32 Å². The van der Waals surface area contributed by atoms with E-state index in [-0.39, 0.29) is 0 Å². The Hall–Kier alpha value is -1.63. The Morgan fingerprint density at radius 2 is 2.15 bits per heavy atom. The number of hydrogen-bond acceptors (Lipinski definition) is 3. The van der Waals surface area contributed by atoms with E-state index in [1.54, 1.807) is 0 Å². The molecule has 0 spiro atoms. The minimum Gasteiger partial charge on any atom is -0.370 e. The first-order chi connectivity index (χ1) is 9.76. The fourth-order valence-electron chi connectivity index (χ4n) is 2.20. The Kier molecular flexibility index (Phi) is 3.86. The number of benzene rings is 1. The van der Waals surface area contributed by atoms with Gasteiger partial charge in [-0.15, -0.1) is 0 Å². The van der Waals surface area contributed by atoms with E-state index in [1.807, 2.05) is 35.3 Å². The SMILES string of the molecule is CCNc1nc2ccccc2cc1Cn1cc(I)cn1. The van der Waals surface area contributed by atoms with Gasteiger partial charge in [0.2, 0.25) is 0 Å². The van der Waals surface area contributed by atoms with Gasteiger partial charge in [0.05, 0.1) is 21.8 Å². The van der Waals surface area contributed by atoms with Crippen molar-refractivity contribution in [1.29, 1.82) is 0 Å². The van der Waals surface area contributed by atoms with E-state index >= 15 is 0 Å². The summed E-state index contributed by atoms with van der Waals surface area (Å²) in [4.78, 5) is 4.71. The number of para-hydroxylation sites is 1. The highest BCUT2D eigenvalue weighted by atomic mass is 127. The quantitative estimate of drug-likeness (QED) is 0.707. The third-order valence-corrected chi connectivity index (χ3v) is 3.64. The van der Waals surface area contributed by atoms with Crippen LogP contribution in [-0.4, -0.2) is 21.3 Å². The van der Waals surface area contributed by atoms with Crippen molar-refractivity contribution in [3.05, 3.63) is 51.9 Å². The smallest absolute Gasteiger partial charge is 0.131 e. The molecule has 0 saturated heterocycles. The fourth-order valence-corrected chi connectivity index (χ4v) is 2.65. The number of fused-ring (bicyclic) bond motifs is 1. The normalized spacial score (nSPS) is 10.9. The summed E-state index contributed by atoms with van der Waals surface area (Å²) in [5.74, 6) is 0.941. The van der Waals surface area contributed by atoms with Gasteiger partial charge in [-0.2, -0.15) is 5.10 Å². The Morgan fingerprint density at radius 1 is 1.30 bits per heavy atom. The molecule has 102 valence electrons. The zero-order chi connectivity index (χ0) is 13.9. The summed E-state index contributed by atoms with van der Waals surface area (Å²) >= 11 is 2.27. The molecule has 1 aromatic carbocycles. The molecule has 0 atom stereocenters. The Labute approximate surface area is 131 Å². The van der Waals surface area contributed by atoms with E-state index in [4.69, 9.17) is 4.98 Å². The van der Waals surface area contributed by atoms with Gasteiger partial charge in [0.25, 0.3) is 0 Å². The molecule has 0 radical (unpaired) electrons. The van der Waals surface area contributed by atoms with Crippen LogP contribution in [0.15, 0.2) is 42.7 Å². The molecule has 0 aliphatic carbocycles.